The number of hydrazone groups is 1. The number of ether oxygens (including phenoxy) is 1. The van der Waals surface area contributed by atoms with Crippen LogP contribution < -0.4 is 20.6 Å². The monoisotopic (exact) mass is 408 g/mol. The lowest BCUT2D eigenvalue weighted by atomic mass is 10.1. The molecular weight excluding hydrogens is 384 g/mol. The topological polar surface area (TPSA) is 66.3 Å². The molecule has 2 aliphatic rings. The van der Waals surface area contributed by atoms with Crippen LogP contribution in [0.1, 0.15) is 38.4 Å². The van der Waals surface area contributed by atoms with Gasteiger partial charge in [0.25, 0.3) is 5.91 Å². The lowest BCUT2D eigenvalue weighted by molar-refractivity contribution is -0.116. The molecule has 2 aromatic carbocycles. The van der Waals surface area contributed by atoms with E-state index in [-0.39, 0.29) is 5.91 Å². The van der Waals surface area contributed by atoms with Crippen molar-refractivity contribution in [1.29, 1.82) is 0 Å². The minimum absolute atomic E-state index is 0.160. The summed E-state index contributed by atoms with van der Waals surface area (Å²) in [6, 6.07) is 15.6. The molecule has 1 amide bonds. The first-order valence-corrected chi connectivity index (χ1v) is 10.9. The van der Waals surface area contributed by atoms with Gasteiger partial charge in [-0.2, -0.15) is 0 Å². The standard InChI is InChI=1S/C22H24N4O2S/c1-3-5-14-28-18-13-9-7-11-16(18)20-23-17-12-8-6-10-15(17)19-21(27)24-22(29-4-2)25-26(19)20/h6-13,20H,3-5,14H2,1-2H3,(H,24,25,27)/t20-/m0/s1. The van der Waals surface area contributed by atoms with Gasteiger partial charge < -0.3 is 4.74 Å². The first-order chi connectivity index (χ1) is 14.2. The van der Waals surface area contributed by atoms with Crippen molar-refractivity contribution in [2.24, 2.45) is 10.1 Å². The third-order valence-electron chi connectivity index (χ3n) is 4.75. The SMILES string of the molecule is CCCCOc1ccccc1[C@H]1N=c2ccccc2=C2C(=O)NC(SCC)=NN21. The summed E-state index contributed by atoms with van der Waals surface area (Å²) in [5, 5.41) is 11.5. The molecule has 2 aliphatic heterocycles. The lowest BCUT2D eigenvalue weighted by Gasteiger charge is -2.34. The molecule has 0 unspecified atom stereocenters. The molecule has 1 N–H and O–H groups in total. The second-order valence-corrected chi connectivity index (χ2v) is 8.00. The van der Waals surface area contributed by atoms with Gasteiger partial charge in [0.15, 0.2) is 11.3 Å². The summed E-state index contributed by atoms with van der Waals surface area (Å²) in [6.07, 6.45) is 1.59. The largest absolute Gasteiger partial charge is 0.493 e. The Kier molecular flexibility index (Phi) is 5.85. The maximum Gasteiger partial charge on any atom is 0.276 e. The van der Waals surface area contributed by atoms with Crippen LogP contribution in [0.5, 0.6) is 5.75 Å². The van der Waals surface area contributed by atoms with Crippen molar-refractivity contribution in [3.05, 3.63) is 64.7 Å². The fourth-order valence-corrected chi connectivity index (χ4v) is 3.97. The van der Waals surface area contributed by atoms with Gasteiger partial charge in [0.05, 0.1) is 12.0 Å². The summed E-state index contributed by atoms with van der Waals surface area (Å²) >= 11 is 1.50. The van der Waals surface area contributed by atoms with Crippen molar-refractivity contribution >= 4 is 28.5 Å². The van der Waals surface area contributed by atoms with E-state index >= 15 is 0 Å². The number of amides is 1. The predicted octanol–water partition coefficient (Wildman–Crippen LogP) is 2.76. The number of amidine groups is 1. The molecular formula is C22H24N4O2S. The summed E-state index contributed by atoms with van der Waals surface area (Å²) in [4.78, 5) is 17.9. The molecule has 0 radical (unpaired) electrons. The highest BCUT2D eigenvalue weighted by Gasteiger charge is 2.35. The number of carbonyl (C=O) groups excluding carboxylic acids is 1. The number of para-hydroxylation sites is 2. The molecule has 2 heterocycles. The third kappa shape index (κ3) is 3.87. The molecule has 1 atom stereocenters. The quantitative estimate of drug-likeness (QED) is 0.747. The molecule has 150 valence electrons. The van der Waals surface area contributed by atoms with Crippen molar-refractivity contribution < 1.29 is 9.53 Å². The van der Waals surface area contributed by atoms with E-state index in [4.69, 9.17) is 14.8 Å². The number of rotatable bonds is 6. The summed E-state index contributed by atoms with van der Waals surface area (Å²) < 4.78 is 6.05. The molecule has 0 saturated heterocycles. The number of unbranched alkanes of at least 4 members (excludes halogenated alkanes) is 1. The van der Waals surface area contributed by atoms with Crippen molar-refractivity contribution in [2.75, 3.05) is 12.4 Å². The molecule has 0 aromatic heterocycles. The van der Waals surface area contributed by atoms with Gasteiger partial charge in [-0.1, -0.05) is 68.4 Å². The van der Waals surface area contributed by atoms with E-state index in [1.54, 1.807) is 5.01 Å². The second kappa shape index (κ2) is 8.69. The van der Waals surface area contributed by atoms with Crippen molar-refractivity contribution in [3.8, 4) is 5.75 Å². The van der Waals surface area contributed by atoms with Crippen LogP contribution in [-0.4, -0.2) is 28.4 Å². The average molecular weight is 409 g/mol. The van der Waals surface area contributed by atoms with Crippen molar-refractivity contribution in [3.63, 3.8) is 0 Å². The number of nitrogens with zero attached hydrogens (tertiary/aromatic N) is 3. The molecule has 7 heteroatoms. The number of nitrogens with one attached hydrogen (secondary N) is 1. The van der Waals surface area contributed by atoms with Gasteiger partial charge in [-0.3, -0.25) is 15.1 Å². The van der Waals surface area contributed by atoms with E-state index in [1.165, 1.54) is 11.8 Å². The Morgan fingerprint density at radius 2 is 1.93 bits per heavy atom. The average Bonchev–Trinajstić information content (AvgIpc) is 2.74. The van der Waals surface area contributed by atoms with Gasteiger partial charge in [0, 0.05) is 10.8 Å². The maximum absolute atomic E-state index is 13.0. The van der Waals surface area contributed by atoms with Gasteiger partial charge in [-0.25, -0.2) is 5.01 Å². The Labute approximate surface area is 174 Å². The van der Waals surface area contributed by atoms with Crippen LogP contribution in [0.4, 0.5) is 0 Å². The third-order valence-corrected chi connectivity index (χ3v) is 5.49. The number of benzene rings is 2. The highest BCUT2D eigenvalue weighted by Crippen LogP contribution is 2.35. The molecule has 0 aliphatic carbocycles. The molecule has 0 spiro atoms. The molecule has 2 aromatic rings. The second-order valence-electron chi connectivity index (χ2n) is 6.75. The smallest absolute Gasteiger partial charge is 0.276 e. The van der Waals surface area contributed by atoms with Gasteiger partial charge in [-0.15, -0.1) is 5.10 Å². The molecule has 29 heavy (non-hydrogen) atoms. The zero-order valence-corrected chi connectivity index (χ0v) is 17.4. The van der Waals surface area contributed by atoms with Crippen LogP contribution in [0.3, 0.4) is 0 Å². The lowest BCUT2D eigenvalue weighted by Crippen LogP contribution is -2.50. The Hall–Kier alpha value is -2.80. The highest BCUT2D eigenvalue weighted by atomic mass is 32.2. The summed E-state index contributed by atoms with van der Waals surface area (Å²) in [7, 11) is 0. The number of thioether (sulfide) groups is 1. The van der Waals surface area contributed by atoms with Gasteiger partial charge in [0.1, 0.15) is 11.4 Å². The van der Waals surface area contributed by atoms with Crippen LogP contribution in [-0.2, 0) is 4.79 Å². The van der Waals surface area contributed by atoms with Crippen molar-refractivity contribution in [1.82, 2.24) is 10.3 Å². The van der Waals surface area contributed by atoms with Crippen LogP contribution in [0, 0.1) is 0 Å². The molecule has 0 fully saturated rings. The van der Waals surface area contributed by atoms with Crippen molar-refractivity contribution in [2.45, 2.75) is 32.9 Å². The summed E-state index contributed by atoms with van der Waals surface area (Å²) in [5.41, 5.74) is 1.42. The number of hydrogen-bond acceptors (Lipinski definition) is 6. The predicted molar refractivity (Wildman–Crippen MR) is 116 cm³/mol. The molecule has 0 saturated carbocycles. The Bertz CT molecular complexity index is 1070. The van der Waals surface area contributed by atoms with Crippen LogP contribution in [0.15, 0.2) is 58.6 Å². The first kappa shape index (κ1) is 19.5. The van der Waals surface area contributed by atoms with E-state index < -0.39 is 6.17 Å². The Morgan fingerprint density at radius 3 is 2.76 bits per heavy atom. The number of fused-ring (bicyclic) bond motifs is 2. The van der Waals surface area contributed by atoms with E-state index in [2.05, 4.69) is 12.2 Å². The Morgan fingerprint density at radius 1 is 1.14 bits per heavy atom. The van der Waals surface area contributed by atoms with Crippen LogP contribution in [0.25, 0.3) is 5.70 Å². The highest BCUT2D eigenvalue weighted by molar-refractivity contribution is 8.13. The van der Waals surface area contributed by atoms with Crippen LogP contribution in [0.2, 0.25) is 0 Å². The minimum atomic E-state index is -0.462. The minimum Gasteiger partial charge on any atom is -0.493 e. The Balaban J connectivity index is 1.85. The summed E-state index contributed by atoms with van der Waals surface area (Å²) in [5.74, 6) is 1.43. The number of hydrogen-bond donors (Lipinski definition) is 1. The van der Waals surface area contributed by atoms with Gasteiger partial charge in [0.2, 0.25) is 0 Å². The zero-order chi connectivity index (χ0) is 20.2. The van der Waals surface area contributed by atoms with E-state index in [0.717, 1.165) is 40.5 Å². The summed E-state index contributed by atoms with van der Waals surface area (Å²) in [6.45, 7) is 4.81. The molecule has 4 rings (SSSR count). The van der Waals surface area contributed by atoms with E-state index in [9.17, 15) is 4.79 Å². The van der Waals surface area contributed by atoms with Gasteiger partial charge in [-0.05, 0) is 24.3 Å². The maximum atomic E-state index is 13.0. The zero-order valence-electron chi connectivity index (χ0n) is 16.6. The molecule has 0 bridgehead atoms. The normalized spacial score (nSPS) is 17.7. The van der Waals surface area contributed by atoms with Crippen LogP contribution >= 0.6 is 11.8 Å². The molecule has 6 nitrogen and oxygen atoms in total. The van der Waals surface area contributed by atoms with E-state index in [0.29, 0.717) is 17.5 Å². The fourth-order valence-electron chi connectivity index (χ4n) is 3.38. The first-order valence-electron chi connectivity index (χ1n) is 9.93. The number of carbonyl (C=O) groups is 1. The van der Waals surface area contributed by atoms with Gasteiger partial charge >= 0.3 is 0 Å². The van der Waals surface area contributed by atoms with E-state index in [1.807, 2.05) is 55.5 Å². The fraction of sp³-hybridized carbons (Fsp3) is 0.318.